The van der Waals surface area contributed by atoms with E-state index < -0.39 is 26.5 Å². The highest BCUT2D eigenvalue weighted by Gasteiger charge is 2.26. The van der Waals surface area contributed by atoms with Crippen molar-refractivity contribution in [2.24, 2.45) is 5.73 Å². The van der Waals surface area contributed by atoms with E-state index in [1.54, 1.807) is 0 Å². The number of phosphoric ester groups is 1. The zero-order valence-electron chi connectivity index (χ0n) is 62.9. The molecule has 95 heavy (non-hydrogen) atoms. The van der Waals surface area contributed by atoms with Gasteiger partial charge in [-0.05, 0) is 89.9 Å². The largest absolute Gasteiger partial charge is 0.472 e. The van der Waals surface area contributed by atoms with Crippen molar-refractivity contribution in [1.29, 1.82) is 0 Å². The smallest absolute Gasteiger partial charge is 0.462 e. The molecule has 0 saturated carbocycles. The Labute approximate surface area is 590 Å². The summed E-state index contributed by atoms with van der Waals surface area (Å²) in [7, 11) is -4.40. The molecule has 0 aromatic heterocycles. The van der Waals surface area contributed by atoms with Crippen LogP contribution in [0.1, 0.15) is 425 Å². The van der Waals surface area contributed by atoms with Crippen LogP contribution >= 0.6 is 7.82 Å². The van der Waals surface area contributed by atoms with Crippen molar-refractivity contribution in [1.82, 2.24) is 0 Å². The molecule has 9 nitrogen and oxygen atoms in total. The lowest BCUT2D eigenvalue weighted by molar-refractivity contribution is -0.161. The summed E-state index contributed by atoms with van der Waals surface area (Å²) in [5.41, 5.74) is 5.42. The van der Waals surface area contributed by atoms with E-state index in [-0.39, 0.29) is 38.6 Å². The topological polar surface area (TPSA) is 134 Å². The van der Waals surface area contributed by atoms with Crippen LogP contribution in [0.3, 0.4) is 0 Å². The van der Waals surface area contributed by atoms with Gasteiger partial charge in [0, 0.05) is 19.4 Å². The first-order valence-corrected chi connectivity index (χ1v) is 42.9. The normalized spacial score (nSPS) is 13.2. The van der Waals surface area contributed by atoms with E-state index in [2.05, 4.69) is 86.8 Å². The summed E-state index contributed by atoms with van der Waals surface area (Å²) >= 11 is 0. The molecule has 3 N–H and O–H groups in total. The molecule has 0 radical (unpaired) electrons. The second kappa shape index (κ2) is 80.4. The quantitative estimate of drug-likeness (QED) is 0.0264. The van der Waals surface area contributed by atoms with Crippen molar-refractivity contribution in [3.05, 3.63) is 72.9 Å². The number of hydrogen-bond donors (Lipinski definition) is 2. The maximum absolute atomic E-state index is 12.8. The molecule has 0 aromatic carbocycles. The summed E-state index contributed by atoms with van der Waals surface area (Å²) in [6, 6.07) is 0. The third kappa shape index (κ3) is 80.3. The van der Waals surface area contributed by atoms with Crippen LogP contribution in [0.5, 0.6) is 0 Å². The van der Waals surface area contributed by atoms with Crippen molar-refractivity contribution in [3.8, 4) is 0 Å². The van der Waals surface area contributed by atoms with E-state index in [4.69, 9.17) is 24.3 Å². The van der Waals surface area contributed by atoms with Crippen LogP contribution in [0.2, 0.25) is 0 Å². The molecule has 0 fully saturated rings. The molecule has 0 saturated heterocycles. The van der Waals surface area contributed by atoms with Crippen LogP contribution in [0.25, 0.3) is 0 Å². The lowest BCUT2D eigenvalue weighted by Gasteiger charge is -2.19. The van der Waals surface area contributed by atoms with Gasteiger partial charge in [0.05, 0.1) is 13.2 Å². The van der Waals surface area contributed by atoms with Gasteiger partial charge in [0.2, 0.25) is 0 Å². The third-order valence-electron chi connectivity index (χ3n) is 18.6. The zero-order valence-corrected chi connectivity index (χ0v) is 63.8. The standard InChI is InChI=1S/C85H158NO8P/c1-3-5-7-9-11-13-15-17-19-21-23-25-27-29-31-33-35-37-39-41-43-45-47-49-51-53-55-57-59-61-63-65-67-69-71-73-75-77-84(87)91-81-83(82-93-95(89,90)92-80-79-86)94-85(88)78-76-74-72-70-68-66-64-62-60-58-56-54-52-50-48-46-44-42-40-38-36-34-32-30-28-26-24-22-20-18-16-14-12-10-8-6-4-2/h15-18,21-24,27-30,83H,3-14,19-20,25-26,31-82,86H2,1-2H3,(H,89,90)/b17-15-,18-16-,23-21-,24-22-,29-27-,30-28-. The number of unbranched alkanes of at least 4 members (excludes halogenated alkanes) is 54. The summed E-state index contributed by atoms with van der Waals surface area (Å²) in [5, 5.41) is 0. The molecule has 0 spiro atoms. The Morgan fingerprint density at radius 2 is 0.547 bits per heavy atom. The maximum atomic E-state index is 12.8. The Bertz CT molecular complexity index is 1790. The molecular formula is C85H158NO8P. The monoisotopic (exact) mass is 1350 g/mol. The minimum absolute atomic E-state index is 0.0548. The van der Waals surface area contributed by atoms with Crippen LogP contribution in [-0.2, 0) is 32.7 Å². The van der Waals surface area contributed by atoms with Crippen molar-refractivity contribution in [3.63, 3.8) is 0 Å². The molecular weight excluding hydrogens is 1190 g/mol. The summed E-state index contributed by atoms with van der Waals surface area (Å²) in [5.74, 6) is -0.805. The molecule has 2 atom stereocenters. The number of phosphoric acid groups is 1. The van der Waals surface area contributed by atoms with Gasteiger partial charge in [-0.3, -0.25) is 18.6 Å². The highest BCUT2D eigenvalue weighted by molar-refractivity contribution is 7.47. The molecule has 0 rings (SSSR count). The number of allylic oxidation sites excluding steroid dienone is 12. The summed E-state index contributed by atoms with van der Waals surface area (Å²) in [4.78, 5) is 35.5. The second-order valence-corrected chi connectivity index (χ2v) is 29.4. The Hall–Kier alpha value is -2.55. The Balaban J connectivity index is 3.76. The molecule has 0 aliphatic rings. The summed E-state index contributed by atoms with van der Waals surface area (Å²) < 4.78 is 33.3. The highest BCUT2D eigenvalue weighted by atomic mass is 31.2. The van der Waals surface area contributed by atoms with Gasteiger partial charge >= 0.3 is 19.8 Å². The first kappa shape index (κ1) is 92.4. The fraction of sp³-hybridized carbons (Fsp3) is 0.835. The minimum Gasteiger partial charge on any atom is -0.462 e. The SMILES string of the molecule is CCCCCCC/C=C\C/C=C\C/C=C\CCCCCCCCCCCCCCCCCCCCCCCCC(=O)OCC(COP(=O)(O)OCCN)OC(=O)CCCCCCCCCCCCCCCCCCCCCCCC/C=C\C/C=C\C/C=C\CCCCCCC. The van der Waals surface area contributed by atoms with E-state index in [1.807, 2.05) is 0 Å². The lowest BCUT2D eigenvalue weighted by Crippen LogP contribution is -2.29. The first-order chi connectivity index (χ1) is 46.8. The third-order valence-corrected chi connectivity index (χ3v) is 19.5. The molecule has 0 aromatic rings. The fourth-order valence-electron chi connectivity index (χ4n) is 12.4. The molecule has 0 heterocycles. The summed E-state index contributed by atoms with van der Waals surface area (Å²) in [6.07, 6.45) is 108. The predicted molar refractivity (Wildman–Crippen MR) is 413 cm³/mol. The van der Waals surface area contributed by atoms with Gasteiger partial charge in [-0.15, -0.1) is 0 Å². The van der Waals surface area contributed by atoms with E-state index in [9.17, 15) is 19.0 Å². The zero-order chi connectivity index (χ0) is 68.6. The number of ether oxygens (including phenoxy) is 2. The van der Waals surface area contributed by atoms with E-state index in [1.165, 1.54) is 334 Å². The molecule has 0 amide bonds. The van der Waals surface area contributed by atoms with Crippen molar-refractivity contribution in [2.75, 3.05) is 26.4 Å². The van der Waals surface area contributed by atoms with Gasteiger partial charge in [0.25, 0.3) is 0 Å². The lowest BCUT2D eigenvalue weighted by atomic mass is 10.0. The predicted octanol–water partition coefficient (Wildman–Crippen LogP) is 27.9. The number of esters is 2. The number of carbonyl (C=O) groups is 2. The van der Waals surface area contributed by atoms with E-state index >= 15 is 0 Å². The number of carbonyl (C=O) groups excluding carboxylic acids is 2. The molecule has 0 aliphatic heterocycles. The fourth-order valence-corrected chi connectivity index (χ4v) is 13.2. The number of nitrogens with two attached hydrogens (primary N) is 1. The summed E-state index contributed by atoms with van der Waals surface area (Å²) in [6.45, 7) is 3.79. The number of rotatable bonds is 79. The molecule has 0 aliphatic carbocycles. The van der Waals surface area contributed by atoms with Gasteiger partial charge in [0.1, 0.15) is 6.61 Å². The van der Waals surface area contributed by atoms with Crippen LogP contribution in [0.15, 0.2) is 72.9 Å². The minimum atomic E-state index is -4.40. The van der Waals surface area contributed by atoms with E-state index in [0.717, 1.165) is 57.8 Å². The average molecular weight is 1350 g/mol. The Kier molecular flexibility index (Phi) is 78.3. The van der Waals surface area contributed by atoms with Crippen molar-refractivity contribution in [2.45, 2.75) is 431 Å². The van der Waals surface area contributed by atoms with Crippen LogP contribution in [0.4, 0.5) is 0 Å². The van der Waals surface area contributed by atoms with Crippen LogP contribution in [-0.4, -0.2) is 49.3 Å². The van der Waals surface area contributed by atoms with E-state index in [0.29, 0.717) is 6.42 Å². The van der Waals surface area contributed by atoms with Crippen molar-refractivity contribution >= 4 is 19.8 Å². The second-order valence-electron chi connectivity index (χ2n) is 28.0. The molecule has 2 unspecified atom stereocenters. The van der Waals surface area contributed by atoms with Gasteiger partial charge in [-0.25, -0.2) is 4.57 Å². The van der Waals surface area contributed by atoms with Crippen LogP contribution < -0.4 is 5.73 Å². The van der Waals surface area contributed by atoms with Gasteiger partial charge in [-0.2, -0.15) is 0 Å². The average Bonchev–Trinajstić information content (AvgIpc) is 1.55. The molecule has 556 valence electrons. The van der Waals surface area contributed by atoms with Crippen molar-refractivity contribution < 1.29 is 37.6 Å². The van der Waals surface area contributed by atoms with Gasteiger partial charge in [0.15, 0.2) is 6.10 Å². The van der Waals surface area contributed by atoms with Gasteiger partial charge < -0.3 is 20.1 Å². The first-order valence-electron chi connectivity index (χ1n) is 41.4. The Morgan fingerprint density at radius 1 is 0.316 bits per heavy atom. The maximum Gasteiger partial charge on any atom is 0.472 e. The molecule has 10 heteroatoms. The number of hydrogen-bond acceptors (Lipinski definition) is 8. The Morgan fingerprint density at radius 3 is 0.811 bits per heavy atom. The molecule has 0 bridgehead atoms. The van der Waals surface area contributed by atoms with Gasteiger partial charge in [-0.1, -0.05) is 395 Å². The highest BCUT2D eigenvalue weighted by Crippen LogP contribution is 2.43. The van der Waals surface area contributed by atoms with Crippen LogP contribution in [0, 0.1) is 0 Å².